The van der Waals surface area contributed by atoms with Gasteiger partial charge in [-0.25, -0.2) is 9.48 Å². The molecule has 2 aromatic carbocycles. The quantitative estimate of drug-likeness (QED) is 0.392. The summed E-state index contributed by atoms with van der Waals surface area (Å²) in [6, 6.07) is 10.8. The highest BCUT2D eigenvalue weighted by atomic mass is 79.9. The van der Waals surface area contributed by atoms with Gasteiger partial charge < -0.3 is 22.1 Å². The Morgan fingerprint density at radius 3 is 2.45 bits per heavy atom. The molecule has 0 fully saturated rings. The number of alkyl halides is 3. The van der Waals surface area contributed by atoms with E-state index in [1.165, 1.54) is 30.3 Å². The van der Waals surface area contributed by atoms with Crippen molar-refractivity contribution in [3.63, 3.8) is 0 Å². The molecule has 1 N–H and O–H groups in total. The summed E-state index contributed by atoms with van der Waals surface area (Å²) in [5.41, 5.74) is -1.48. The second kappa shape index (κ2) is 8.58. The first kappa shape index (κ1) is 23.2. The van der Waals surface area contributed by atoms with Crippen LogP contribution in [0.2, 0.25) is 0 Å². The average Bonchev–Trinajstić information content (AvgIpc) is 2.86. The Bertz CT molecular complexity index is 1010. The number of hydrogen-bond donors (Lipinski definition) is 1. The van der Waals surface area contributed by atoms with Crippen LogP contribution in [0.15, 0.2) is 48.5 Å². The Balaban J connectivity index is 0.00000272. The van der Waals surface area contributed by atoms with Crippen molar-refractivity contribution in [3.8, 4) is 0 Å². The third-order valence-electron chi connectivity index (χ3n) is 5.76. The molecule has 0 amide bonds. The smallest absolute Gasteiger partial charge is 0.416 e. The molecule has 0 saturated carbocycles. The van der Waals surface area contributed by atoms with E-state index in [0.29, 0.717) is 24.2 Å². The SMILES string of the molecule is O=[N+]([O-])c1ccc(C2(O)CN(c3cccc(C(F)(F)F)c3)C3=[N+]2CCCCC3)cc1.[Br-]. The molecular formula is C21H21BrF3N3O3. The number of benzene rings is 2. The van der Waals surface area contributed by atoms with Crippen LogP contribution in [-0.2, 0) is 11.9 Å². The molecule has 0 spiro atoms. The van der Waals surface area contributed by atoms with Crippen molar-refractivity contribution in [2.45, 2.75) is 37.6 Å². The van der Waals surface area contributed by atoms with E-state index in [0.717, 1.165) is 37.2 Å². The lowest BCUT2D eigenvalue weighted by atomic mass is 10.0. The van der Waals surface area contributed by atoms with Crippen molar-refractivity contribution in [2.24, 2.45) is 0 Å². The predicted octanol–water partition coefficient (Wildman–Crippen LogP) is 1.27. The highest BCUT2D eigenvalue weighted by Gasteiger charge is 2.52. The third kappa shape index (κ3) is 4.31. The zero-order valence-electron chi connectivity index (χ0n) is 16.5. The topological polar surface area (TPSA) is 69.6 Å². The Morgan fingerprint density at radius 2 is 1.81 bits per heavy atom. The van der Waals surface area contributed by atoms with Gasteiger partial charge in [0.25, 0.3) is 17.2 Å². The number of β-amino-alcohol motifs (C(OH)–C–C–N with tert-alkyl or cyclic N) is 1. The Labute approximate surface area is 187 Å². The van der Waals surface area contributed by atoms with E-state index in [9.17, 15) is 28.4 Å². The number of aliphatic hydroxyl groups is 1. The first-order chi connectivity index (χ1) is 14.2. The summed E-state index contributed by atoms with van der Waals surface area (Å²) in [6.07, 6.45) is -1.16. The van der Waals surface area contributed by atoms with Crippen molar-refractivity contribution < 1.29 is 44.8 Å². The number of halogens is 4. The van der Waals surface area contributed by atoms with E-state index < -0.39 is 22.4 Å². The molecule has 1 unspecified atom stereocenters. The van der Waals surface area contributed by atoms with Gasteiger partial charge in [-0.15, -0.1) is 0 Å². The molecule has 0 bridgehead atoms. The second-order valence-corrected chi connectivity index (χ2v) is 7.63. The first-order valence-corrected chi connectivity index (χ1v) is 9.76. The van der Waals surface area contributed by atoms with Gasteiger partial charge in [-0.05, 0) is 49.6 Å². The van der Waals surface area contributed by atoms with Crippen LogP contribution in [0.1, 0.15) is 36.8 Å². The lowest BCUT2D eigenvalue weighted by molar-refractivity contribution is -0.658. The number of non-ortho nitro benzene ring substituents is 1. The van der Waals surface area contributed by atoms with Crippen LogP contribution in [0, 0.1) is 10.1 Å². The summed E-state index contributed by atoms with van der Waals surface area (Å²) in [6.45, 7) is 0.597. The van der Waals surface area contributed by atoms with E-state index in [1.54, 1.807) is 11.0 Å². The molecule has 31 heavy (non-hydrogen) atoms. The van der Waals surface area contributed by atoms with Gasteiger partial charge in [-0.1, -0.05) is 6.07 Å². The fraction of sp³-hybridized carbons (Fsp3) is 0.381. The van der Waals surface area contributed by atoms with Crippen molar-refractivity contribution in [3.05, 3.63) is 69.8 Å². The van der Waals surface area contributed by atoms with Crippen LogP contribution in [0.5, 0.6) is 0 Å². The summed E-state index contributed by atoms with van der Waals surface area (Å²) < 4.78 is 41.5. The summed E-state index contributed by atoms with van der Waals surface area (Å²) in [4.78, 5) is 12.2. The molecular weight excluding hydrogens is 479 g/mol. The summed E-state index contributed by atoms with van der Waals surface area (Å²) in [7, 11) is 0. The van der Waals surface area contributed by atoms with Gasteiger partial charge in [0.15, 0.2) is 6.54 Å². The van der Waals surface area contributed by atoms with E-state index in [4.69, 9.17) is 0 Å². The molecule has 166 valence electrons. The molecule has 0 aliphatic carbocycles. The number of rotatable bonds is 3. The molecule has 10 heteroatoms. The average molecular weight is 500 g/mol. The minimum atomic E-state index is -4.46. The fourth-order valence-corrected chi connectivity index (χ4v) is 4.26. The minimum Gasteiger partial charge on any atom is -1.00 e. The van der Waals surface area contributed by atoms with Crippen LogP contribution < -0.4 is 21.9 Å². The maximum absolute atomic E-state index is 13.2. The van der Waals surface area contributed by atoms with Gasteiger partial charge >= 0.3 is 6.18 Å². The molecule has 4 rings (SSSR count). The molecule has 2 aliphatic rings. The Morgan fingerprint density at radius 1 is 1.10 bits per heavy atom. The normalized spacial score (nSPS) is 21.4. The van der Waals surface area contributed by atoms with Gasteiger partial charge in [-0.2, -0.15) is 13.2 Å². The Kier molecular flexibility index (Phi) is 6.43. The van der Waals surface area contributed by atoms with Crippen LogP contribution >= 0.6 is 0 Å². The van der Waals surface area contributed by atoms with Crippen molar-refractivity contribution >= 4 is 17.2 Å². The van der Waals surface area contributed by atoms with Crippen molar-refractivity contribution in [2.75, 3.05) is 18.0 Å². The van der Waals surface area contributed by atoms with E-state index in [1.807, 2.05) is 4.58 Å². The second-order valence-electron chi connectivity index (χ2n) is 7.63. The van der Waals surface area contributed by atoms with Crippen LogP contribution in [0.25, 0.3) is 0 Å². The maximum Gasteiger partial charge on any atom is 0.416 e. The number of amidine groups is 1. The zero-order valence-corrected chi connectivity index (χ0v) is 18.1. The largest absolute Gasteiger partial charge is 1.00 e. The lowest BCUT2D eigenvalue weighted by Crippen LogP contribution is -3.00. The summed E-state index contributed by atoms with van der Waals surface area (Å²) in [5, 5.41) is 22.6. The highest BCUT2D eigenvalue weighted by Crippen LogP contribution is 2.38. The summed E-state index contributed by atoms with van der Waals surface area (Å²) >= 11 is 0. The molecule has 0 saturated heterocycles. The lowest BCUT2D eigenvalue weighted by Gasteiger charge is -2.23. The molecule has 2 aliphatic heterocycles. The van der Waals surface area contributed by atoms with Crippen LogP contribution in [-0.4, -0.2) is 33.5 Å². The zero-order chi connectivity index (χ0) is 21.5. The first-order valence-electron chi connectivity index (χ1n) is 9.76. The summed E-state index contributed by atoms with van der Waals surface area (Å²) in [5.74, 6) is 0.771. The monoisotopic (exact) mass is 499 g/mol. The van der Waals surface area contributed by atoms with Gasteiger partial charge in [0, 0.05) is 24.1 Å². The number of nitro groups is 1. The third-order valence-corrected chi connectivity index (χ3v) is 5.76. The van der Waals surface area contributed by atoms with Gasteiger partial charge in [0.1, 0.15) is 5.69 Å². The predicted molar refractivity (Wildman–Crippen MR) is 104 cm³/mol. The van der Waals surface area contributed by atoms with Gasteiger partial charge in [0.2, 0.25) is 0 Å². The van der Waals surface area contributed by atoms with Crippen LogP contribution in [0.3, 0.4) is 0 Å². The maximum atomic E-state index is 13.2. The van der Waals surface area contributed by atoms with E-state index >= 15 is 0 Å². The molecule has 2 heterocycles. The Hall–Kier alpha value is -2.46. The number of nitro benzene ring substituents is 1. The molecule has 6 nitrogen and oxygen atoms in total. The van der Waals surface area contributed by atoms with Crippen LogP contribution in [0.4, 0.5) is 24.5 Å². The molecule has 0 aromatic heterocycles. The fourth-order valence-electron chi connectivity index (χ4n) is 4.26. The minimum absolute atomic E-state index is 0. The number of hydrogen-bond acceptors (Lipinski definition) is 4. The molecule has 2 aromatic rings. The van der Waals surface area contributed by atoms with Crippen molar-refractivity contribution in [1.29, 1.82) is 0 Å². The van der Waals surface area contributed by atoms with Gasteiger partial charge in [-0.3, -0.25) is 10.1 Å². The number of anilines is 1. The highest BCUT2D eigenvalue weighted by molar-refractivity contribution is 5.96. The van der Waals surface area contributed by atoms with Gasteiger partial charge in [0.05, 0.1) is 17.0 Å². The standard InChI is InChI=1S/C21H21F3N3O3.BrH/c22-21(23,24)16-5-4-6-18(13-16)25-14-20(28,26-12-3-1-2-7-19(25)26)15-8-10-17(11-9-15)27(29)30;/h4-6,8-11,13,28H,1-3,7,12,14H2;1H/q+1;/p-1. The molecule has 1 atom stereocenters. The number of nitrogens with zero attached hydrogens (tertiary/aromatic N) is 3. The van der Waals surface area contributed by atoms with E-state index in [2.05, 4.69) is 0 Å². The van der Waals surface area contributed by atoms with E-state index in [-0.39, 0.29) is 29.2 Å². The molecule has 0 radical (unpaired) electrons. The van der Waals surface area contributed by atoms with Crippen molar-refractivity contribution in [1.82, 2.24) is 0 Å².